The van der Waals surface area contributed by atoms with E-state index in [1.165, 1.54) is 18.2 Å². The van der Waals surface area contributed by atoms with E-state index >= 15 is 0 Å². The van der Waals surface area contributed by atoms with E-state index in [1.54, 1.807) is 0 Å². The Labute approximate surface area is 96.8 Å². The number of ether oxygens (including phenoxy) is 1. The molecule has 6 heteroatoms. The van der Waals surface area contributed by atoms with Crippen molar-refractivity contribution in [1.82, 2.24) is 0 Å². The number of hydrogen-bond donors (Lipinski definition) is 2. The lowest BCUT2D eigenvalue weighted by Gasteiger charge is -2.08. The summed E-state index contributed by atoms with van der Waals surface area (Å²) in [4.78, 5) is 21.3. The highest BCUT2D eigenvalue weighted by Crippen LogP contribution is 2.23. The van der Waals surface area contributed by atoms with Gasteiger partial charge in [-0.2, -0.15) is 0 Å². The molecule has 0 bridgehead atoms. The predicted octanol–water partition coefficient (Wildman–Crippen LogP) is 1.29. The van der Waals surface area contributed by atoms with E-state index in [4.69, 9.17) is 27.2 Å². The smallest absolute Gasteiger partial charge is 0.339 e. The van der Waals surface area contributed by atoms with Crippen LogP contribution in [0, 0.1) is 0 Å². The van der Waals surface area contributed by atoms with Crippen molar-refractivity contribution in [3.05, 3.63) is 28.8 Å². The van der Waals surface area contributed by atoms with Crippen LogP contribution in [-0.4, -0.2) is 23.6 Å². The van der Waals surface area contributed by atoms with Gasteiger partial charge in [0.25, 0.3) is 0 Å². The Kier molecular flexibility index (Phi) is 4.13. The number of primary amides is 1. The summed E-state index contributed by atoms with van der Waals surface area (Å²) in [5.41, 5.74) is 4.92. The minimum absolute atomic E-state index is 0.00568. The first-order valence-corrected chi connectivity index (χ1v) is 4.82. The number of carboxylic acid groups (broad SMARTS) is 1. The van der Waals surface area contributed by atoms with Crippen LogP contribution in [-0.2, 0) is 4.79 Å². The first-order valence-electron chi connectivity index (χ1n) is 4.44. The number of amides is 1. The largest absolute Gasteiger partial charge is 0.492 e. The summed E-state index contributed by atoms with van der Waals surface area (Å²) in [6, 6.07) is 4.17. The standard InChI is InChI=1S/C10H10ClNO4/c11-6-1-2-7(10(14)15)8(5-6)16-4-3-9(12)13/h1-2,5H,3-4H2,(H2,12,13)(H,14,15). The zero-order chi connectivity index (χ0) is 12.1. The van der Waals surface area contributed by atoms with Crippen molar-refractivity contribution in [1.29, 1.82) is 0 Å². The molecule has 1 rings (SSSR count). The summed E-state index contributed by atoms with van der Waals surface area (Å²) < 4.78 is 5.12. The van der Waals surface area contributed by atoms with Crippen molar-refractivity contribution in [3.8, 4) is 5.75 Å². The molecule has 3 N–H and O–H groups in total. The molecule has 0 saturated heterocycles. The molecule has 0 atom stereocenters. The minimum atomic E-state index is -1.12. The fourth-order valence-electron chi connectivity index (χ4n) is 1.05. The van der Waals surface area contributed by atoms with Crippen molar-refractivity contribution >= 4 is 23.5 Å². The lowest BCUT2D eigenvalue weighted by atomic mass is 10.2. The van der Waals surface area contributed by atoms with Gasteiger partial charge in [0.2, 0.25) is 5.91 Å². The van der Waals surface area contributed by atoms with Gasteiger partial charge in [0.15, 0.2) is 0 Å². The number of carbonyl (C=O) groups is 2. The van der Waals surface area contributed by atoms with E-state index in [0.717, 1.165) is 0 Å². The van der Waals surface area contributed by atoms with Gasteiger partial charge in [0.1, 0.15) is 11.3 Å². The molecule has 16 heavy (non-hydrogen) atoms. The summed E-state index contributed by atoms with van der Waals surface area (Å²) in [6.07, 6.45) is 0.0194. The van der Waals surface area contributed by atoms with Crippen LogP contribution < -0.4 is 10.5 Å². The Morgan fingerprint density at radius 2 is 2.12 bits per heavy atom. The lowest BCUT2D eigenvalue weighted by Crippen LogP contribution is -2.15. The van der Waals surface area contributed by atoms with Crippen LogP contribution in [0.2, 0.25) is 5.02 Å². The van der Waals surface area contributed by atoms with Crippen LogP contribution in [0.4, 0.5) is 0 Å². The van der Waals surface area contributed by atoms with Crippen molar-refractivity contribution in [2.24, 2.45) is 5.73 Å². The molecule has 1 amide bonds. The second-order valence-corrected chi connectivity index (χ2v) is 3.45. The number of hydrogen-bond acceptors (Lipinski definition) is 3. The van der Waals surface area contributed by atoms with Crippen LogP contribution in [0.3, 0.4) is 0 Å². The predicted molar refractivity (Wildman–Crippen MR) is 57.7 cm³/mol. The van der Waals surface area contributed by atoms with E-state index in [9.17, 15) is 9.59 Å². The quantitative estimate of drug-likeness (QED) is 0.815. The van der Waals surface area contributed by atoms with Crippen LogP contribution in [0.15, 0.2) is 18.2 Å². The molecule has 0 radical (unpaired) electrons. The zero-order valence-corrected chi connectivity index (χ0v) is 9.03. The van der Waals surface area contributed by atoms with Crippen molar-refractivity contribution in [2.45, 2.75) is 6.42 Å². The van der Waals surface area contributed by atoms with E-state index in [-0.39, 0.29) is 24.3 Å². The maximum atomic E-state index is 10.8. The molecule has 0 fully saturated rings. The fraction of sp³-hybridized carbons (Fsp3) is 0.200. The third kappa shape index (κ3) is 3.43. The molecule has 0 aromatic heterocycles. The highest BCUT2D eigenvalue weighted by atomic mass is 35.5. The number of benzene rings is 1. The topological polar surface area (TPSA) is 89.6 Å². The molecule has 5 nitrogen and oxygen atoms in total. The molecular formula is C10H10ClNO4. The molecule has 0 aliphatic carbocycles. The molecule has 0 heterocycles. The molecular weight excluding hydrogens is 234 g/mol. The third-order valence-corrected chi connectivity index (χ3v) is 2.02. The number of carboxylic acids is 1. The van der Waals surface area contributed by atoms with Crippen LogP contribution in [0.1, 0.15) is 16.8 Å². The van der Waals surface area contributed by atoms with Crippen molar-refractivity contribution in [3.63, 3.8) is 0 Å². The molecule has 0 aliphatic rings. The molecule has 0 aliphatic heterocycles. The Morgan fingerprint density at radius 1 is 1.44 bits per heavy atom. The molecule has 0 unspecified atom stereocenters. The second-order valence-electron chi connectivity index (χ2n) is 3.01. The summed E-state index contributed by atoms with van der Waals surface area (Å²) in [5, 5.41) is 9.21. The summed E-state index contributed by atoms with van der Waals surface area (Å²) in [5.74, 6) is -1.51. The summed E-state index contributed by atoms with van der Waals surface area (Å²) in [7, 11) is 0. The van der Waals surface area contributed by atoms with Gasteiger partial charge < -0.3 is 15.6 Å². The number of rotatable bonds is 5. The zero-order valence-electron chi connectivity index (χ0n) is 8.27. The SMILES string of the molecule is NC(=O)CCOc1cc(Cl)ccc1C(=O)O. The van der Waals surface area contributed by atoms with Gasteiger partial charge in [-0.25, -0.2) is 4.79 Å². The minimum Gasteiger partial charge on any atom is -0.492 e. The highest BCUT2D eigenvalue weighted by Gasteiger charge is 2.11. The Balaban J connectivity index is 2.80. The monoisotopic (exact) mass is 243 g/mol. The summed E-state index contributed by atoms with van der Waals surface area (Å²) in [6.45, 7) is 0.0238. The number of carbonyl (C=O) groups excluding carboxylic acids is 1. The third-order valence-electron chi connectivity index (χ3n) is 1.78. The number of nitrogens with two attached hydrogens (primary N) is 1. The Hall–Kier alpha value is -1.75. The van der Waals surface area contributed by atoms with E-state index in [2.05, 4.69) is 0 Å². The Morgan fingerprint density at radius 3 is 2.69 bits per heavy atom. The average Bonchev–Trinajstić information content (AvgIpc) is 2.16. The van der Waals surface area contributed by atoms with Crippen molar-refractivity contribution < 1.29 is 19.4 Å². The van der Waals surface area contributed by atoms with E-state index < -0.39 is 11.9 Å². The molecule has 0 spiro atoms. The van der Waals surface area contributed by atoms with E-state index in [1.807, 2.05) is 0 Å². The fourth-order valence-corrected chi connectivity index (χ4v) is 1.22. The second kappa shape index (κ2) is 5.37. The van der Waals surface area contributed by atoms with Gasteiger partial charge in [-0.3, -0.25) is 4.79 Å². The van der Waals surface area contributed by atoms with Gasteiger partial charge in [-0.15, -0.1) is 0 Å². The first kappa shape index (κ1) is 12.3. The highest BCUT2D eigenvalue weighted by molar-refractivity contribution is 6.30. The lowest BCUT2D eigenvalue weighted by molar-refractivity contribution is -0.118. The van der Waals surface area contributed by atoms with Crippen LogP contribution in [0.5, 0.6) is 5.75 Å². The molecule has 1 aromatic carbocycles. The number of aromatic carboxylic acids is 1. The maximum absolute atomic E-state index is 10.8. The first-order chi connectivity index (χ1) is 7.50. The maximum Gasteiger partial charge on any atom is 0.339 e. The van der Waals surface area contributed by atoms with Gasteiger partial charge >= 0.3 is 5.97 Å². The number of halogens is 1. The van der Waals surface area contributed by atoms with Gasteiger partial charge in [0.05, 0.1) is 13.0 Å². The van der Waals surface area contributed by atoms with Crippen molar-refractivity contribution in [2.75, 3.05) is 6.61 Å². The average molecular weight is 244 g/mol. The Bertz CT molecular complexity index is 419. The molecule has 1 aromatic rings. The van der Waals surface area contributed by atoms with Gasteiger partial charge in [-0.05, 0) is 18.2 Å². The van der Waals surface area contributed by atoms with Gasteiger partial charge in [-0.1, -0.05) is 11.6 Å². The van der Waals surface area contributed by atoms with E-state index in [0.29, 0.717) is 5.02 Å². The van der Waals surface area contributed by atoms with Gasteiger partial charge in [0, 0.05) is 5.02 Å². The molecule has 0 saturated carbocycles. The van der Waals surface area contributed by atoms with Crippen LogP contribution >= 0.6 is 11.6 Å². The van der Waals surface area contributed by atoms with Crippen LogP contribution in [0.25, 0.3) is 0 Å². The summed E-state index contributed by atoms with van der Waals surface area (Å²) >= 11 is 5.70. The normalized spacial score (nSPS) is 9.81. The molecule has 86 valence electrons.